The summed E-state index contributed by atoms with van der Waals surface area (Å²) in [5, 5.41) is 9.89. The molecule has 1 aliphatic carbocycles. The molecule has 2 N–H and O–H groups in total. The number of hydrogen-bond donors (Lipinski definition) is 2. The van der Waals surface area contributed by atoms with Crippen LogP contribution in [0.3, 0.4) is 0 Å². The zero-order valence-electron chi connectivity index (χ0n) is 16.4. The van der Waals surface area contributed by atoms with E-state index in [1.807, 2.05) is 13.8 Å². The molecule has 150 valence electrons. The summed E-state index contributed by atoms with van der Waals surface area (Å²) in [5.74, 6) is -0.135. The Bertz CT molecular complexity index is 633. The van der Waals surface area contributed by atoms with Crippen molar-refractivity contribution in [3.8, 4) is 0 Å². The molecule has 27 heavy (non-hydrogen) atoms. The summed E-state index contributed by atoms with van der Waals surface area (Å²) >= 11 is 0. The molecule has 1 saturated carbocycles. The third-order valence-corrected chi connectivity index (χ3v) is 4.85. The van der Waals surface area contributed by atoms with E-state index in [0.717, 1.165) is 12.8 Å². The van der Waals surface area contributed by atoms with E-state index >= 15 is 0 Å². The van der Waals surface area contributed by atoms with Gasteiger partial charge in [-0.15, -0.1) is 0 Å². The fraction of sp³-hybridized carbons (Fsp3) is 0.684. The molecule has 0 aromatic carbocycles. The first-order chi connectivity index (χ1) is 13.0. The first-order valence-electron chi connectivity index (χ1n) is 9.91. The van der Waals surface area contributed by atoms with E-state index in [9.17, 15) is 14.4 Å². The fourth-order valence-electron chi connectivity index (χ4n) is 3.36. The molecule has 1 fully saturated rings. The number of nitrogens with zero attached hydrogens (tertiary/aromatic N) is 3. The molecule has 1 heterocycles. The molecule has 0 aliphatic heterocycles. The van der Waals surface area contributed by atoms with Gasteiger partial charge in [0, 0.05) is 38.2 Å². The van der Waals surface area contributed by atoms with Crippen molar-refractivity contribution in [1.29, 1.82) is 0 Å². The molecule has 8 nitrogen and oxygen atoms in total. The van der Waals surface area contributed by atoms with Crippen LogP contribution in [0.2, 0.25) is 0 Å². The van der Waals surface area contributed by atoms with Crippen LogP contribution in [0.5, 0.6) is 0 Å². The zero-order chi connectivity index (χ0) is 19.6. The normalized spacial score (nSPS) is 14.1. The van der Waals surface area contributed by atoms with Gasteiger partial charge in [-0.3, -0.25) is 19.1 Å². The molecule has 0 saturated heterocycles. The molecular formula is C19H31N5O3. The molecule has 8 heteroatoms. The Morgan fingerprint density at radius 1 is 1.15 bits per heavy atom. The second-order valence-corrected chi connectivity index (χ2v) is 6.94. The van der Waals surface area contributed by atoms with Crippen LogP contribution in [-0.2, 0) is 20.9 Å². The van der Waals surface area contributed by atoms with Crippen molar-refractivity contribution in [2.24, 2.45) is 0 Å². The summed E-state index contributed by atoms with van der Waals surface area (Å²) in [5.41, 5.74) is 0.559. The highest BCUT2D eigenvalue weighted by Crippen LogP contribution is 2.17. The maximum absolute atomic E-state index is 12.0. The minimum absolute atomic E-state index is 0.0576. The average Bonchev–Trinajstić information content (AvgIpc) is 3.28. The maximum Gasteiger partial charge on any atom is 0.241 e. The SMILES string of the molecule is CCN(CC)C(=O)CCCC(=O)Nc1cnn(CC(=O)NC2CCCC2)c1. The molecule has 3 amide bonds. The van der Waals surface area contributed by atoms with Crippen molar-refractivity contribution in [2.45, 2.75) is 71.4 Å². The predicted octanol–water partition coefficient (Wildman–Crippen LogP) is 1.92. The highest BCUT2D eigenvalue weighted by Gasteiger charge is 2.17. The molecule has 0 atom stereocenters. The van der Waals surface area contributed by atoms with Gasteiger partial charge >= 0.3 is 0 Å². The lowest BCUT2D eigenvalue weighted by atomic mass is 10.2. The van der Waals surface area contributed by atoms with Crippen LogP contribution in [0.4, 0.5) is 5.69 Å². The van der Waals surface area contributed by atoms with E-state index in [-0.39, 0.29) is 36.7 Å². The molecule has 0 unspecified atom stereocenters. The summed E-state index contributed by atoms with van der Waals surface area (Å²) < 4.78 is 1.52. The second kappa shape index (κ2) is 10.7. The largest absolute Gasteiger partial charge is 0.352 e. The highest BCUT2D eigenvalue weighted by molar-refractivity contribution is 5.90. The van der Waals surface area contributed by atoms with Gasteiger partial charge in [-0.25, -0.2) is 0 Å². The lowest BCUT2D eigenvalue weighted by molar-refractivity contribution is -0.131. The number of anilines is 1. The quantitative estimate of drug-likeness (QED) is 0.651. The number of carbonyl (C=O) groups excluding carboxylic acids is 3. The number of rotatable bonds is 10. The molecule has 0 bridgehead atoms. The smallest absolute Gasteiger partial charge is 0.241 e. The maximum atomic E-state index is 12.0. The molecule has 2 rings (SSSR count). The molecular weight excluding hydrogens is 346 g/mol. The van der Waals surface area contributed by atoms with E-state index in [2.05, 4.69) is 15.7 Å². The van der Waals surface area contributed by atoms with Gasteiger partial charge in [-0.05, 0) is 33.1 Å². The van der Waals surface area contributed by atoms with E-state index in [1.165, 1.54) is 23.7 Å². The van der Waals surface area contributed by atoms with Crippen molar-refractivity contribution in [3.63, 3.8) is 0 Å². The van der Waals surface area contributed by atoms with Crippen molar-refractivity contribution >= 4 is 23.4 Å². The number of carbonyl (C=O) groups is 3. The first kappa shape index (κ1) is 20.9. The number of nitrogens with one attached hydrogen (secondary N) is 2. The Kier molecular flexibility index (Phi) is 8.29. The minimum Gasteiger partial charge on any atom is -0.352 e. The fourth-order valence-corrected chi connectivity index (χ4v) is 3.36. The van der Waals surface area contributed by atoms with Gasteiger partial charge in [-0.1, -0.05) is 12.8 Å². The van der Waals surface area contributed by atoms with Crippen molar-refractivity contribution in [2.75, 3.05) is 18.4 Å². The third-order valence-electron chi connectivity index (χ3n) is 4.85. The molecule has 1 aliphatic rings. The highest BCUT2D eigenvalue weighted by atomic mass is 16.2. The molecule has 1 aromatic rings. The summed E-state index contributed by atoms with van der Waals surface area (Å²) in [4.78, 5) is 37.7. The van der Waals surface area contributed by atoms with E-state index in [0.29, 0.717) is 31.6 Å². The van der Waals surface area contributed by atoms with Gasteiger partial charge in [0.15, 0.2) is 0 Å². The van der Waals surface area contributed by atoms with Gasteiger partial charge in [0.1, 0.15) is 6.54 Å². The second-order valence-electron chi connectivity index (χ2n) is 6.94. The van der Waals surface area contributed by atoms with Crippen LogP contribution in [0.1, 0.15) is 58.8 Å². The topological polar surface area (TPSA) is 96.3 Å². The zero-order valence-corrected chi connectivity index (χ0v) is 16.4. The van der Waals surface area contributed by atoms with E-state index in [4.69, 9.17) is 0 Å². The monoisotopic (exact) mass is 377 g/mol. The summed E-state index contributed by atoms with van der Waals surface area (Å²) in [6, 6.07) is 0.284. The lowest BCUT2D eigenvalue weighted by Gasteiger charge is -2.18. The Hall–Kier alpha value is -2.38. The van der Waals surface area contributed by atoms with Gasteiger partial charge in [0.25, 0.3) is 0 Å². The van der Waals surface area contributed by atoms with E-state index < -0.39 is 0 Å². The molecule has 1 aromatic heterocycles. The summed E-state index contributed by atoms with van der Waals surface area (Å²) in [6.45, 7) is 5.41. The third kappa shape index (κ3) is 7.03. The van der Waals surface area contributed by atoms with Gasteiger partial charge in [0.05, 0.1) is 11.9 Å². The summed E-state index contributed by atoms with van der Waals surface area (Å²) in [6.07, 6.45) is 8.77. The van der Waals surface area contributed by atoms with Crippen LogP contribution in [-0.4, -0.2) is 51.5 Å². The average molecular weight is 377 g/mol. The van der Waals surface area contributed by atoms with Crippen LogP contribution in [0.25, 0.3) is 0 Å². The number of hydrogen-bond acceptors (Lipinski definition) is 4. The van der Waals surface area contributed by atoms with E-state index in [1.54, 1.807) is 11.1 Å². The van der Waals surface area contributed by atoms with Crippen molar-refractivity contribution in [3.05, 3.63) is 12.4 Å². The van der Waals surface area contributed by atoms with Crippen LogP contribution in [0, 0.1) is 0 Å². The molecule has 0 spiro atoms. The standard InChI is InChI=1S/C19H31N5O3/c1-3-23(4-2)19(27)11-7-10-17(25)22-16-12-20-24(13-16)14-18(26)21-15-8-5-6-9-15/h12-13,15H,3-11,14H2,1-2H3,(H,21,26)(H,22,25). The van der Waals surface area contributed by atoms with Gasteiger partial charge in [0.2, 0.25) is 17.7 Å². The number of aromatic nitrogens is 2. The van der Waals surface area contributed by atoms with Crippen LogP contribution >= 0.6 is 0 Å². The van der Waals surface area contributed by atoms with Crippen molar-refractivity contribution < 1.29 is 14.4 Å². The first-order valence-corrected chi connectivity index (χ1v) is 9.91. The molecule has 0 radical (unpaired) electrons. The lowest BCUT2D eigenvalue weighted by Crippen LogP contribution is -2.35. The summed E-state index contributed by atoms with van der Waals surface area (Å²) in [7, 11) is 0. The Morgan fingerprint density at radius 2 is 1.85 bits per heavy atom. The Morgan fingerprint density at radius 3 is 2.52 bits per heavy atom. The predicted molar refractivity (Wildman–Crippen MR) is 103 cm³/mol. The number of amides is 3. The van der Waals surface area contributed by atoms with Gasteiger partial charge in [-0.2, -0.15) is 5.10 Å². The Labute approximate surface area is 160 Å². The Balaban J connectivity index is 1.69. The minimum atomic E-state index is -0.155. The van der Waals surface area contributed by atoms with Crippen molar-refractivity contribution in [1.82, 2.24) is 20.0 Å². The van der Waals surface area contributed by atoms with Crippen LogP contribution in [0.15, 0.2) is 12.4 Å². The van der Waals surface area contributed by atoms with Gasteiger partial charge < -0.3 is 15.5 Å². The van der Waals surface area contributed by atoms with Crippen LogP contribution < -0.4 is 10.6 Å².